The zero-order valence-electron chi connectivity index (χ0n) is 11.9. The maximum absolute atomic E-state index is 4.76. The van der Waals surface area contributed by atoms with Gasteiger partial charge in [0.05, 0.1) is 5.69 Å². The first-order valence-electron chi connectivity index (χ1n) is 7.72. The van der Waals surface area contributed by atoms with Crippen LogP contribution in [0.4, 0.5) is 0 Å². The van der Waals surface area contributed by atoms with Gasteiger partial charge in [-0.25, -0.2) is 4.98 Å². The summed E-state index contributed by atoms with van der Waals surface area (Å²) in [7, 11) is 0. The van der Waals surface area contributed by atoms with Gasteiger partial charge in [0.15, 0.2) is 0 Å². The molecule has 0 aromatic carbocycles. The summed E-state index contributed by atoms with van der Waals surface area (Å²) < 4.78 is 0. The Morgan fingerprint density at radius 1 is 1.32 bits per heavy atom. The van der Waals surface area contributed by atoms with E-state index in [2.05, 4.69) is 22.5 Å². The lowest BCUT2D eigenvalue weighted by molar-refractivity contribution is 0.173. The SMILES string of the molecule is CCC1CCN(Cc2csc(CNC3CC3)n2)CC1. The molecule has 1 aromatic heterocycles. The summed E-state index contributed by atoms with van der Waals surface area (Å²) >= 11 is 1.81. The van der Waals surface area contributed by atoms with Gasteiger partial charge < -0.3 is 5.32 Å². The first-order valence-corrected chi connectivity index (χ1v) is 8.60. The fraction of sp³-hybridized carbons (Fsp3) is 0.800. The summed E-state index contributed by atoms with van der Waals surface area (Å²) in [4.78, 5) is 7.33. The molecule has 0 amide bonds. The summed E-state index contributed by atoms with van der Waals surface area (Å²) in [6.07, 6.45) is 6.80. The minimum atomic E-state index is 0.778. The van der Waals surface area contributed by atoms with Crippen LogP contribution in [-0.2, 0) is 13.1 Å². The molecule has 0 spiro atoms. The molecule has 19 heavy (non-hydrogen) atoms. The molecule has 3 rings (SSSR count). The lowest BCUT2D eigenvalue weighted by atomic mass is 9.94. The quantitative estimate of drug-likeness (QED) is 0.867. The van der Waals surface area contributed by atoms with Gasteiger partial charge in [-0.2, -0.15) is 0 Å². The topological polar surface area (TPSA) is 28.2 Å². The molecule has 2 heterocycles. The zero-order chi connectivity index (χ0) is 13.1. The van der Waals surface area contributed by atoms with Crippen LogP contribution in [0.3, 0.4) is 0 Å². The van der Waals surface area contributed by atoms with Gasteiger partial charge in [-0.05, 0) is 44.7 Å². The second-order valence-corrected chi connectivity index (χ2v) is 6.96. The Morgan fingerprint density at radius 3 is 2.79 bits per heavy atom. The van der Waals surface area contributed by atoms with E-state index in [0.29, 0.717) is 0 Å². The summed E-state index contributed by atoms with van der Waals surface area (Å²) in [5.74, 6) is 0.963. The predicted octanol–water partition coefficient (Wildman–Crippen LogP) is 3.02. The van der Waals surface area contributed by atoms with Crippen LogP contribution in [-0.4, -0.2) is 29.0 Å². The van der Waals surface area contributed by atoms with Crippen LogP contribution >= 0.6 is 11.3 Å². The van der Waals surface area contributed by atoms with Crippen LogP contribution in [0.15, 0.2) is 5.38 Å². The highest BCUT2D eigenvalue weighted by Gasteiger charge is 2.21. The lowest BCUT2D eigenvalue weighted by Gasteiger charge is -2.30. The summed E-state index contributed by atoms with van der Waals surface area (Å²) in [5.41, 5.74) is 1.27. The number of aromatic nitrogens is 1. The van der Waals surface area contributed by atoms with Crippen LogP contribution in [0.25, 0.3) is 0 Å². The molecule has 1 aromatic rings. The normalized spacial score (nSPS) is 21.9. The first kappa shape index (κ1) is 13.5. The monoisotopic (exact) mass is 279 g/mol. The highest BCUT2D eigenvalue weighted by atomic mass is 32.1. The Morgan fingerprint density at radius 2 is 2.11 bits per heavy atom. The van der Waals surface area contributed by atoms with Crippen molar-refractivity contribution >= 4 is 11.3 Å². The number of piperidine rings is 1. The van der Waals surface area contributed by atoms with Crippen molar-refractivity contribution in [3.8, 4) is 0 Å². The second-order valence-electron chi connectivity index (χ2n) is 6.02. The molecule has 4 heteroatoms. The first-order chi connectivity index (χ1) is 9.33. The molecular formula is C15H25N3S. The van der Waals surface area contributed by atoms with Crippen molar-refractivity contribution in [2.45, 2.75) is 58.2 Å². The summed E-state index contributed by atoms with van der Waals surface area (Å²) in [6.45, 7) is 6.85. The van der Waals surface area contributed by atoms with E-state index in [9.17, 15) is 0 Å². The molecular weight excluding hydrogens is 254 g/mol. The molecule has 0 unspecified atom stereocenters. The van der Waals surface area contributed by atoms with E-state index in [0.717, 1.165) is 25.0 Å². The van der Waals surface area contributed by atoms with Gasteiger partial charge in [0.25, 0.3) is 0 Å². The molecule has 1 N–H and O–H groups in total. The van der Waals surface area contributed by atoms with Crippen molar-refractivity contribution in [2.24, 2.45) is 5.92 Å². The second kappa shape index (κ2) is 6.33. The fourth-order valence-corrected chi connectivity index (χ4v) is 3.54. The number of thiazole rings is 1. The molecule has 2 aliphatic rings. The summed E-state index contributed by atoms with van der Waals surface area (Å²) in [5, 5.41) is 7.04. The van der Waals surface area contributed by atoms with Gasteiger partial charge in [-0.1, -0.05) is 13.3 Å². The number of nitrogens with zero attached hydrogens (tertiary/aromatic N) is 2. The van der Waals surface area contributed by atoms with Gasteiger partial charge in [0.1, 0.15) is 5.01 Å². The smallest absolute Gasteiger partial charge is 0.107 e. The number of nitrogens with one attached hydrogen (secondary N) is 1. The molecule has 0 radical (unpaired) electrons. The van der Waals surface area contributed by atoms with Crippen molar-refractivity contribution < 1.29 is 0 Å². The number of hydrogen-bond donors (Lipinski definition) is 1. The van der Waals surface area contributed by atoms with E-state index in [1.165, 1.54) is 55.9 Å². The highest BCUT2D eigenvalue weighted by Crippen LogP contribution is 2.22. The Hall–Kier alpha value is -0.450. The Bertz CT molecular complexity index is 392. The predicted molar refractivity (Wildman–Crippen MR) is 80.3 cm³/mol. The van der Waals surface area contributed by atoms with Crippen LogP contribution in [0.2, 0.25) is 0 Å². The maximum atomic E-state index is 4.76. The average molecular weight is 279 g/mol. The Labute approximate surface area is 120 Å². The van der Waals surface area contributed by atoms with Crippen LogP contribution in [0.1, 0.15) is 49.7 Å². The number of likely N-dealkylation sites (tertiary alicyclic amines) is 1. The molecule has 0 atom stereocenters. The van der Waals surface area contributed by atoms with Gasteiger partial charge in [-0.15, -0.1) is 11.3 Å². The van der Waals surface area contributed by atoms with E-state index < -0.39 is 0 Å². The minimum absolute atomic E-state index is 0.778. The van der Waals surface area contributed by atoms with E-state index in [4.69, 9.17) is 4.98 Å². The Balaban J connectivity index is 1.44. The molecule has 2 fully saturated rings. The highest BCUT2D eigenvalue weighted by molar-refractivity contribution is 7.09. The third kappa shape index (κ3) is 4.01. The third-order valence-corrected chi connectivity index (χ3v) is 5.29. The van der Waals surface area contributed by atoms with E-state index in [1.807, 2.05) is 11.3 Å². The lowest BCUT2D eigenvalue weighted by Crippen LogP contribution is -2.33. The van der Waals surface area contributed by atoms with Gasteiger partial charge in [0.2, 0.25) is 0 Å². The maximum Gasteiger partial charge on any atom is 0.107 e. The molecule has 106 valence electrons. The zero-order valence-corrected chi connectivity index (χ0v) is 12.7. The van der Waals surface area contributed by atoms with Gasteiger partial charge in [0, 0.05) is 24.5 Å². The van der Waals surface area contributed by atoms with Crippen LogP contribution in [0, 0.1) is 5.92 Å². The van der Waals surface area contributed by atoms with E-state index in [-0.39, 0.29) is 0 Å². The van der Waals surface area contributed by atoms with Crippen LogP contribution in [0.5, 0.6) is 0 Å². The minimum Gasteiger partial charge on any atom is -0.308 e. The van der Waals surface area contributed by atoms with Crippen molar-refractivity contribution in [1.82, 2.24) is 15.2 Å². The number of rotatable bonds is 6. The van der Waals surface area contributed by atoms with Gasteiger partial charge in [-0.3, -0.25) is 4.90 Å². The van der Waals surface area contributed by atoms with Gasteiger partial charge >= 0.3 is 0 Å². The molecule has 3 nitrogen and oxygen atoms in total. The molecule has 1 saturated heterocycles. The summed E-state index contributed by atoms with van der Waals surface area (Å²) in [6, 6.07) is 0.778. The van der Waals surface area contributed by atoms with Crippen molar-refractivity contribution in [3.05, 3.63) is 16.1 Å². The molecule has 0 bridgehead atoms. The van der Waals surface area contributed by atoms with E-state index in [1.54, 1.807) is 0 Å². The standard InChI is InChI=1S/C15H25N3S/c1-2-12-5-7-18(8-6-12)10-14-11-19-15(17-14)9-16-13-3-4-13/h11-13,16H,2-10H2,1H3. The van der Waals surface area contributed by atoms with Crippen LogP contribution < -0.4 is 5.32 Å². The average Bonchev–Trinajstić information content (AvgIpc) is 3.17. The molecule has 1 saturated carbocycles. The largest absolute Gasteiger partial charge is 0.308 e. The number of hydrogen-bond acceptors (Lipinski definition) is 4. The third-order valence-electron chi connectivity index (χ3n) is 4.39. The molecule has 1 aliphatic heterocycles. The van der Waals surface area contributed by atoms with Crippen molar-refractivity contribution in [1.29, 1.82) is 0 Å². The van der Waals surface area contributed by atoms with Crippen molar-refractivity contribution in [2.75, 3.05) is 13.1 Å². The Kier molecular flexibility index (Phi) is 4.51. The van der Waals surface area contributed by atoms with Crippen molar-refractivity contribution in [3.63, 3.8) is 0 Å². The van der Waals surface area contributed by atoms with E-state index >= 15 is 0 Å². The molecule has 1 aliphatic carbocycles. The fourth-order valence-electron chi connectivity index (χ4n) is 2.80.